The lowest BCUT2D eigenvalue weighted by Gasteiger charge is -2.23. The number of rotatable bonds is 3. The number of nitrogens with two attached hydrogens (primary N) is 1. The van der Waals surface area contributed by atoms with Crippen molar-refractivity contribution < 1.29 is 4.52 Å². The first-order valence-corrected chi connectivity index (χ1v) is 5.66. The van der Waals surface area contributed by atoms with Crippen molar-refractivity contribution in [3.63, 3.8) is 0 Å². The van der Waals surface area contributed by atoms with Gasteiger partial charge in [0.1, 0.15) is 6.54 Å². The minimum atomic E-state index is 0.363. The van der Waals surface area contributed by atoms with Crippen molar-refractivity contribution in [2.24, 2.45) is 10.7 Å². The predicted molar refractivity (Wildman–Crippen MR) is 59.6 cm³/mol. The molecule has 0 aliphatic heterocycles. The zero-order chi connectivity index (χ0) is 11.2. The molecule has 1 aliphatic rings. The second kappa shape index (κ2) is 5.48. The number of hydrogen-bond donors (Lipinski definition) is 2. The Morgan fingerprint density at radius 3 is 3.00 bits per heavy atom. The van der Waals surface area contributed by atoms with Crippen LogP contribution in [-0.4, -0.2) is 22.1 Å². The topological polar surface area (TPSA) is 89.3 Å². The maximum Gasteiger partial charge on any atom is 0.213 e. The molecule has 0 bridgehead atoms. The molecule has 0 spiro atoms. The molecule has 88 valence electrons. The SMILES string of the molecule is NC(=NCc1ncon1)NC1CCCCC1. The summed E-state index contributed by atoms with van der Waals surface area (Å²) in [6, 6.07) is 0.475. The Hall–Kier alpha value is -1.59. The van der Waals surface area contributed by atoms with E-state index in [4.69, 9.17) is 5.73 Å². The third-order valence-electron chi connectivity index (χ3n) is 2.75. The van der Waals surface area contributed by atoms with Crippen LogP contribution in [0, 0.1) is 0 Å². The Kier molecular flexibility index (Phi) is 3.74. The van der Waals surface area contributed by atoms with Gasteiger partial charge in [0.05, 0.1) is 0 Å². The molecule has 6 heteroatoms. The molecule has 0 aromatic carbocycles. The highest BCUT2D eigenvalue weighted by molar-refractivity contribution is 5.78. The summed E-state index contributed by atoms with van der Waals surface area (Å²) in [6.45, 7) is 0.363. The molecule has 1 saturated carbocycles. The van der Waals surface area contributed by atoms with Gasteiger partial charge < -0.3 is 15.6 Å². The molecule has 3 N–H and O–H groups in total. The predicted octanol–water partition coefficient (Wildman–Crippen LogP) is 0.807. The highest BCUT2D eigenvalue weighted by Gasteiger charge is 2.13. The first kappa shape index (κ1) is 10.9. The minimum absolute atomic E-state index is 0.363. The molecule has 1 aromatic heterocycles. The summed E-state index contributed by atoms with van der Waals surface area (Å²) in [4.78, 5) is 8.03. The highest BCUT2D eigenvalue weighted by Crippen LogP contribution is 2.16. The van der Waals surface area contributed by atoms with Crippen molar-refractivity contribution in [2.75, 3.05) is 0 Å². The Morgan fingerprint density at radius 1 is 1.50 bits per heavy atom. The largest absolute Gasteiger partial charge is 0.370 e. The van der Waals surface area contributed by atoms with Crippen molar-refractivity contribution in [3.05, 3.63) is 12.2 Å². The lowest BCUT2D eigenvalue weighted by atomic mass is 9.96. The van der Waals surface area contributed by atoms with Gasteiger partial charge in [-0.3, -0.25) is 0 Å². The summed E-state index contributed by atoms with van der Waals surface area (Å²) >= 11 is 0. The van der Waals surface area contributed by atoms with E-state index in [2.05, 4.69) is 25.0 Å². The Morgan fingerprint density at radius 2 is 2.31 bits per heavy atom. The van der Waals surface area contributed by atoms with Crippen LogP contribution in [0.15, 0.2) is 15.9 Å². The smallest absolute Gasteiger partial charge is 0.213 e. The minimum Gasteiger partial charge on any atom is -0.370 e. The van der Waals surface area contributed by atoms with Crippen LogP contribution in [0.1, 0.15) is 37.9 Å². The van der Waals surface area contributed by atoms with Crippen LogP contribution in [0.4, 0.5) is 0 Å². The van der Waals surface area contributed by atoms with Crippen LogP contribution in [0.5, 0.6) is 0 Å². The van der Waals surface area contributed by atoms with E-state index in [0.717, 1.165) is 0 Å². The first-order valence-electron chi connectivity index (χ1n) is 5.66. The van der Waals surface area contributed by atoms with E-state index in [0.29, 0.717) is 24.4 Å². The maximum atomic E-state index is 5.77. The average molecular weight is 223 g/mol. The van der Waals surface area contributed by atoms with E-state index in [1.54, 1.807) is 0 Å². The summed E-state index contributed by atoms with van der Waals surface area (Å²) in [5.41, 5.74) is 5.77. The lowest BCUT2D eigenvalue weighted by Crippen LogP contribution is -2.41. The Balaban J connectivity index is 1.77. The van der Waals surface area contributed by atoms with E-state index in [-0.39, 0.29) is 0 Å². The van der Waals surface area contributed by atoms with E-state index in [1.165, 1.54) is 38.5 Å². The van der Waals surface area contributed by atoms with Gasteiger partial charge in [0.2, 0.25) is 6.39 Å². The first-order chi connectivity index (χ1) is 7.84. The van der Waals surface area contributed by atoms with Crippen LogP contribution in [-0.2, 0) is 6.54 Å². The highest BCUT2D eigenvalue weighted by atomic mass is 16.5. The third-order valence-corrected chi connectivity index (χ3v) is 2.75. The summed E-state index contributed by atoms with van der Waals surface area (Å²) < 4.78 is 4.61. The van der Waals surface area contributed by atoms with Crippen molar-refractivity contribution >= 4 is 5.96 Å². The fraction of sp³-hybridized carbons (Fsp3) is 0.700. The fourth-order valence-electron chi connectivity index (χ4n) is 1.92. The van der Waals surface area contributed by atoms with Gasteiger partial charge in [-0.15, -0.1) is 0 Å². The zero-order valence-corrected chi connectivity index (χ0v) is 9.22. The van der Waals surface area contributed by atoms with Gasteiger partial charge >= 0.3 is 0 Å². The molecule has 1 fully saturated rings. The summed E-state index contributed by atoms with van der Waals surface area (Å²) in [5, 5.41) is 6.88. The monoisotopic (exact) mass is 223 g/mol. The van der Waals surface area contributed by atoms with E-state index in [1.807, 2.05) is 0 Å². The van der Waals surface area contributed by atoms with Crippen LogP contribution in [0.3, 0.4) is 0 Å². The third kappa shape index (κ3) is 3.22. The van der Waals surface area contributed by atoms with Crippen LogP contribution in [0.25, 0.3) is 0 Å². The number of hydrogen-bond acceptors (Lipinski definition) is 4. The molecule has 0 unspecified atom stereocenters. The molecule has 0 amide bonds. The molecule has 0 atom stereocenters. The van der Waals surface area contributed by atoms with Gasteiger partial charge in [0.15, 0.2) is 11.8 Å². The van der Waals surface area contributed by atoms with Crippen molar-refractivity contribution in [2.45, 2.75) is 44.7 Å². The zero-order valence-electron chi connectivity index (χ0n) is 9.22. The molecule has 16 heavy (non-hydrogen) atoms. The van der Waals surface area contributed by atoms with Gasteiger partial charge in [0, 0.05) is 6.04 Å². The second-order valence-corrected chi connectivity index (χ2v) is 4.03. The molecule has 0 saturated heterocycles. The normalized spacial score (nSPS) is 18.6. The van der Waals surface area contributed by atoms with Gasteiger partial charge in [-0.2, -0.15) is 4.98 Å². The Labute approximate surface area is 94.3 Å². The lowest BCUT2D eigenvalue weighted by molar-refractivity contribution is 0.408. The quantitative estimate of drug-likeness (QED) is 0.584. The molecular formula is C10H17N5O. The summed E-state index contributed by atoms with van der Waals surface area (Å²) in [7, 11) is 0. The molecule has 2 rings (SSSR count). The maximum absolute atomic E-state index is 5.77. The number of nitrogens with zero attached hydrogens (tertiary/aromatic N) is 3. The van der Waals surface area contributed by atoms with Gasteiger partial charge in [0.25, 0.3) is 0 Å². The molecule has 1 heterocycles. The molecule has 6 nitrogen and oxygen atoms in total. The van der Waals surface area contributed by atoms with Crippen LogP contribution >= 0.6 is 0 Å². The number of nitrogens with one attached hydrogen (secondary N) is 1. The Bertz CT molecular complexity index is 329. The number of aliphatic imine (C=N–C) groups is 1. The van der Waals surface area contributed by atoms with Crippen LogP contribution in [0.2, 0.25) is 0 Å². The molecular weight excluding hydrogens is 206 g/mol. The second-order valence-electron chi connectivity index (χ2n) is 4.03. The van der Waals surface area contributed by atoms with E-state index in [9.17, 15) is 0 Å². The van der Waals surface area contributed by atoms with E-state index < -0.39 is 0 Å². The summed E-state index contributed by atoms with van der Waals surface area (Å²) in [6.07, 6.45) is 7.52. The number of aromatic nitrogens is 2. The van der Waals surface area contributed by atoms with Crippen LogP contribution < -0.4 is 11.1 Å². The molecule has 1 aliphatic carbocycles. The number of guanidine groups is 1. The fourth-order valence-corrected chi connectivity index (χ4v) is 1.92. The average Bonchev–Trinajstić information content (AvgIpc) is 2.81. The standard InChI is InChI=1S/C10H17N5O/c11-10(12-6-9-13-7-16-15-9)14-8-4-2-1-3-5-8/h7-8H,1-6H2,(H3,11,12,14). The van der Waals surface area contributed by atoms with Gasteiger partial charge in [-0.05, 0) is 12.8 Å². The van der Waals surface area contributed by atoms with Crippen molar-refractivity contribution in [3.8, 4) is 0 Å². The summed E-state index contributed by atoms with van der Waals surface area (Å²) in [5.74, 6) is 1.02. The van der Waals surface area contributed by atoms with E-state index >= 15 is 0 Å². The van der Waals surface area contributed by atoms with Gasteiger partial charge in [-0.25, -0.2) is 4.99 Å². The van der Waals surface area contributed by atoms with Crippen molar-refractivity contribution in [1.29, 1.82) is 0 Å². The van der Waals surface area contributed by atoms with Gasteiger partial charge in [-0.1, -0.05) is 24.4 Å². The van der Waals surface area contributed by atoms with Crippen molar-refractivity contribution in [1.82, 2.24) is 15.5 Å². The molecule has 0 radical (unpaired) electrons. The molecule has 1 aromatic rings.